The van der Waals surface area contributed by atoms with Crippen LogP contribution in [0.4, 0.5) is 0 Å². The molecule has 0 N–H and O–H groups in total. The molecule has 2 fully saturated rings. The quantitative estimate of drug-likeness (QED) is 0.438. The van der Waals surface area contributed by atoms with Crippen molar-refractivity contribution in [2.75, 3.05) is 7.11 Å². The van der Waals surface area contributed by atoms with Gasteiger partial charge in [-0.2, -0.15) is 0 Å². The second kappa shape index (κ2) is 8.08. The van der Waals surface area contributed by atoms with Gasteiger partial charge in [-0.05, 0) is 96.5 Å². The Morgan fingerprint density at radius 2 is 1.83 bits per heavy atom. The first-order valence-electron chi connectivity index (χ1n) is 12.7. The van der Waals surface area contributed by atoms with Crippen LogP contribution in [0.1, 0.15) is 98.8 Å². The summed E-state index contributed by atoms with van der Waals surface area (Å²) in [6.45, 7) is 12.6. The molecule has 0 saturated heterocycles. The van der Waals surface area contributed by atoms with Crippen molar-refractivity contribution in [1.29, 1.82) is 0 Å². The van der Waals surface area contributed by atoms with E-state index in [1.54, 1.807) is 5.57 Å². The van der Waals surface area contributed by atoms with Gasteiger partial charge in [-0.1, -0.05) is 60.0 Å². The van der Waals surface area contributed by atoms with E-state index in [9.17, 15) is 0 Å². The highest BCUT2D eigenvalue weighted by Crippen LogP contribution is 2.67. The zero-order valence-electron chi connectivity index (χ0n) is 20.1. The fraction of sp³-hybridized carbons (Fsp3) is 0.857. The first kappa shape index (κ1) is 21.5. The van der Waals surface area contributed by atoms with Crippen molar-refractivity contribution >= 4 is 0 Å². The van der Waals surface area contributed by atoms with E-state index in [2.05, 4.69) is 46.8 Å². The van der Waals surface area contributed by atoms with Crippen molar-refractivity contribution < 1.29 is 4.74 Å². The van der Waals surface area contributed by atoms with Gasteiger partial charge in [0.15, 0.2) is 0 Å². The maximum atomic E-state index is 5.61. The Kier molecular flexibility index (Phi) is 6.00. The number of allylic oxidation sites excluding steroid dienone is 4. The van der Waals surface area contributed by atoms with Gasteiger partial charge in [0.05, 0.1) is 12.9 Å². The third kappa shape index (κ3) is 3.63. The highest BCUT2D eigenvalue weighted by molar-refractivity contribution is 5.35. The van der Waals surface area contributed by atoms with Crippen LogP contribution in [0.3, 0.4) is 0 Å². The van der Waals surface area contributed by atoms with E-state index >= 15 is 0 Å². The van der Waals surface area contributed by atoms with Crippen LogP contribution < -0.4 is 0 Å². The molecule has 0 aromatic rings. The molecular weight excluding hydrogens is 352 g/mol. The first-order chi connectivity index (χ1) is 13.8. The third-order valence-corrected chi connectivity index (χ3v) is 10.2. The number of fused-ring (bicyclic) bond motifs is 5. The smallest absolute Gasteiger partial charge is 0.0958 e. The van der Waals surface area contributed by atoms with Crippen LogP contribution in [0.15, 0.2) is 23.5 Å². The fourth-order valence-electron chi connectivity index (χ4n) is 8.49. The van der Waals surface area contributed by atoms with Crippen LogP contribution >= 0.6 is 0 Å². The predicted molar refractivity (Wildman–Crippen MR) is 124 cm³/mol. The molecule has 0 unspecified atom stereocenters. The highest BCUT2D eigenvalue weighted by Gasteiger charge is 2.58. The average molecular weight is 399 g/mol. The van der Waals surface area contributed by atoms with Crippen LogP contribution in [-0.4, -0.2) is 7.11 Å². The minimum Gasteiger partial charge on any atom is -0.501 e. The lowest BCUT2D eigenvalue weighted by Gasteiger charge is -2.57. The van der Waals surface area contributed by atoms with E-state index in [0.29, 0.717) is 10.8 Å². The van der Waals surface area contributed by atoms with Crippen LogP contribution in [-0.2, 0) is 4.74 Å². The molecule has 4 aliphatic rings. The Bertz CT molecular complexity index is 657. The second-order valence-electron chi connectivity index (χ2n) is 12.0. The zero-order valence-corrected chi connectivity index (χ0v) is 20.1. The molecule has 2 saturated carbocycles. The number of hydrogen-bond donors (Lipinski definition) is 0. The first-order valence-corrected chi connectivity index (χ1v) is 12.7. The minimum atomic E-state index is 0.396. The van der Waals surface area contributed by atoms with Crippen LogP contribution in [0.25, 0.3) is 0 Å². The van der Waals surface area contributed by atoms with E-state index in [-0.39, 0.29) is 0 Å². The van der Waals surface area contributed by atoms with Crippen molar-refractivity contribution in [2.24, 2.45) is 46.3 Å². The Hall–Kier alpha value is -0.720. The van der Waals surface area contributed by atoms with Crippen LogP contribution in [0.2, 0.25) is 0 Å². The maximum absolute atomic E-state index is 5.61. The summed E-state index contributed by atoms with van der Waals surface area (Å²) in [6, 6.07) is 0. The molecule has 29 heavy (non-hydrogen) atoms. The van der Waals surface area contributed by atoms with Gasteiger partial charge >= 0.3 is 0 Å². The molecule has 4 rings (SSSR count). The molecule has 0 bridgehead atoms. The van der Waals surface area contributed by atoms with Gasteiger partial charge in [0, 0.05) is 6.42 Å². The lowest BCUT2D eigenvalue weighted by Crippen LogP contribution is -2.49. The Labute approximate surface area is 180 Å². The third-order valence-electron chi connectivity index (χ3n) is 10.2. The molecular formula is C28H46O. The Morgan fingerprint density at radius 3 is 2.55 bits per heavy atom. The summed E-state index contributed by atoms with van der Waals surface area (Å²) < 4.78 is 5.61. The molecule has 1 heteroatoms. The number of hydrogen-bond acceptors (Lipinski definition) is 1. The molecule has 0 spiro atoms. The monoisotopic (exact) mass is 398 g/mol. The Balaban J connectivity index is 1.51. The molecule has 0 amide bonds. The van der Waals surface area contributed by atoms with E-state index in [4.69, 9.17) is 4.74 Å². The summed E-state index contributed by atoms with van der Waals surface area (Å²) in [7, 11) is 1.84. The highest BCUT2D eigenvalue weighted by atomic mass is 16.5. The number of ether oxygens (including phenoxy) is 1. The molecule has 0 aromatic heterocycles. The Morgan fingerprint density at radius 1 is 1.03 bits per heavy atom. The van der Waals surface area contributed by atoms with Gasteiger partial charge in [0.1, 0.15) is 0 Å². The van der Waals surface area contributed by atoms with Gasteiger partial charge < -0.3 is 4.74 Å². The molecule has 0 heterocycles. The lowest BCUT2D eigenvalue weighted by molar-refractivity contribution is -0.0465. The van der Waals surface area contributed by atoms with Crippen molar-refractivity contribution in [1.82, 2.24) is 0 Å². The summed E-state index contributed by atoms with van der Waals surface area (Å²) in [5.41, 5.74) is 2.59. The molecule has 4 aliphatic carbocycles. The van der Waals surface area contributed by atoms with Crippen LogP contribution in [0.5, 0.6) is 0 Å². The van der Waals surface area contributed by atoms with Crippen molar-refractivity contribution in [3.05, 3.63) is 23.5 Å². The number of rotatable bonds is 6. The molecule has 0 aromatic carbocycles. The van der Waals surface area contributed by atoms with E-state index in [0.717, 1.165) is 41.9 Å². The summed E-state index contributed by atoms with van der Waals surface area (Å²) in [5, 5.41) is 0. The van der Waals surface area contributed by atoms with Crippen molar-refractivity contribution in [2.45, 2.75) is 98.8 Å². The SMILES string of the molecule is COC1=CC2=CC[C@H]3[C@@H]4CC[C@H]([C@@H](C)CCCC(C)C)[C@@]4(C)CC[C@@H]3[C@@]2(C)CC1. The largest absolute Gasteiger partial charge is 0.501 e. The van der Waals surface area contributed by atoms with Crippen LogP contribution in [0, 0.1) is 46.3 Å². The predicted octanol–water partition coefficient (Wildman–Crippen LogP) is 8.17. The van der Waals surface area contributed by atoms with Crippen molar-refractivity contribution in [3.8, 4) is 0 Å². The molecule has 0 aliphatic heterocycles. The maximum Gasteiger partial charge on any atom is 0.0958 e. The minimum absolute atomic E-state index is 0.396. The fourth-order valence-corrected chi connectivity index (χ4v) is 8.49. The molecule has 0 radical (unpaired) electrons. The average Bonchev–Trinajstić information content (AvgIpc) is 3.04. The summed E-state index contributed by atoms with van der Waals surface area (Å²) in [6.07, 6.45) is 19.0. The summed E-state index contributed by atoms with van der Waals surface area (Å²) >= 11 is 0. The summed E-state index contributed by atoms with van der Waals surface area (Å²) in [4.78, 5) is 0. The van der Waals surface area contributed by atoms with Gasteiger partial charge in [-0.25, -0.2) is 0 Å². The van der Waals surface area contributed by atoms with Gasteiger partial charge in [0.25, 0.3) is 0 Å². The molecule has 1 nitrogen and oxygen atoms in total. The zero-order chi connectivity index (χ0) is 20.8. The van der Waals surface area contributed by atoms with E-state index in [1.807, 2.05) is 7.11 Å². The van der Waals surface area contributed by atoms with E-state index < -0.39 is 0 Å². The lowest BCUT2D eigenvalue weighted by atomic mass is 9.47. The normalized spacial score (nSPS) is 42.4. The van der Waals surface area contributed by atoms with Gasteiger partial charge in [0.2, 0.25) is 0 Å². The molecule has 7 atom stereocenters. The van der Waals surface area contributed by atoms with Gasteiger partial charge in [-0.15, -0.1) is 0 Å². The molecule has 164 valence electrons. The second-order valence-corrected chi connectivity index (χ2v) is 12.0. The topological polar surface area (TPSA) is 9.23 Å². The van der Waals surface area contributed by atoms with Crippen molar-refractivity contribution in [3.63, 3.8) is 0 Å². The van der Waals surface area contributed by atoms with E-state index in [1.165, 1.54) is 63.5 Å². The van der Waals surface area contributed by atoms with Gasteiger partial charge in [-0.3, -0.25) is 0 Å². The standard InChI is InChI=1S/C28H46O/c1-19(2)8-7-9-20(3)24-12-13-25-23-11-10-21-18-22(29-6)14-16-27(21,4)26(23)15-17-28(24,25)5/h10,18-20,23-26H,7-9,11-17H2,1-6H3/t20-,23-,24+,25-,26-,27-,28+/m0/s1. The number of methoxy groups -OCH3 is 1. The summed E-state index contributed by atoms with van der Waals surface area (Å²) in [5.74, 6) is 6.71.